The van der Waals surface area contributed by atoms with Crippen LogP contribution in [0.3, 0.4) is 0 Å². The van der Waals surface area contributed by atoms with Gasteiger partial charge >= 0.3 is 0 Å². The molecule has 2 aliphatic rings. The fourth-order valence-corrected chi connectivity index (χ4v) is 5.37. The molecule has 2 saturated carbocycles. The molecule has 2 aliphatic carbocycles. The summed E-state index contributed by atoms with van der Waals surface area (Å²) >= 11 is 0. The van der Waals surface area contributed by atoms with E-state index in [1.807, 2.05) is 13.8 Å². The maximum atomic E-state index is 13.1. The van der Waals surface area contributed by atoms with Gasteiger partial charge in [0, 0.05) is 19.6 Å². The number of sulfonamides is 1. The summed E-state index contributed by atoms with van der Waals surface area (Å²) in [6.45, 7) is 6.33. The quantitative estimate of drug-likeness (QED) is 0.810. The van der Waals surface area contributed by atoms with Crippen molar-refractivity contribution in [1.82, 2.24) is 14.1 Å². The first-order valence-corrected chi connectivity index (χ1v) is 9.34. The van der Waals surface area contributed by atoms with E-state index in [9.17, 15) is 8.42 Å². The summed E-state index contributed by atoms with van der Waals surface area (Å²) in [5, 5.41) is 4.37. The molecule has 0 atom stereocenters. The molecule has 118 valence electrons. The van der Waals surface area contributed by atoms with Gasteiger partial charge in [0.05, 0.1) is 11.4 Å². The van der Waals surface area contributed by atoms with Gasteiger partial charge in [-0.3, -0.25) is 4.68 Å². The van der Waals surface area contributed by atoms with Gasteiger partial charge in [0.2, 0.25) is 10.0 Å². The monoisotopic (exact) mass is 311 g/mol. The van der Waals surface area contributed by atoms with Crippen molar-refractivity contribution in [1.29, 1.82) is 0 Å². The molecule has 1 heterocycles. The summed E-state index contributed by atoms with van der Waals surface area (Å²) in [4.78, 5) is 0.415. The SMILES string of the molecule is CCn1nc(C)c(S(=O)(=O)N(C)C(C2CC2)C2CC2)c1C. The van der Waals surface area contributed by atoms with Crippen LogP contribution in [-0.4, -0.2) is 35.6 Å². The zero-order valence-electron chi connectivity index (χ0n) is 13.3. The van der Waals surface area contributed by atoms with Gasteiger partial charge in [-0.25, -0.2) is 8.42 Å². The van der Waals surface area contributed by atoms with Gasteiger partial charge in [0.1, 0.15) is 4.90 Å². The second-order valence-electron chi connectivity index (χ2n) is 6.50. The lowest BCUT2D eigenvalue weighted by Gasteiger charge is -2.27. The molecule has 21 heavy (non-hydrogen) atoms. The molecule has 0 unspecified atom stereocenters. The van der Waals surface area contributed by atoms with Crippen LogP contribution in [0.25, 0.3) is 0 Å². The molecule has 0 spiro atoms. The number of aryl methyl sites for hydroxylation is 2. The minimum atomic E-state index is -3.45. The summed E-state index contributed by atoms with van der Waals surface area (Å²) < 4.78 is 29.6. The number of rotatable bonds is 6. The van der Waals surface area contributed by atoms with Gasteiger partial charge in [0.15, 0.2) is 0 Å². The third-order valence-electron chi connectivity index (χ3n) is 4.88. The lowest BCUT2D eigenvalue weighted by atomic mass is 10.1. The van der Waals surface area contributed by atoms with Crippen molar-refractivity contribution in [2.75, 3.05) is 7.05 Å². The maximum Gasteiger partial charge on any atom is 0.246 e. The molecule has 0 aliphatic heterocycles. The topological polar surface area (TPSA) is 55.2 Å². The molecule has 6 heteroatoms. The van der Waals surface area contributed by atoms with E-state index in [2.05, 4.69) is 5.10 Å². The molecular weight excluding hydrogens is 286 g/mol. The van der Waals surface area contributed by atoms with Crippen LogP contribution in [-0.2, 0) is 16.6 Å². The number of hydrogen-bond donors (Lipinski definition) is 0. The Bertz CT molecular complexity index is 630. The first-order chi connectivity index (χ1) is 9.87. The Morgan fingerprint density at radius 2 is 1.76 bits per heavy atom. The lowest BCUT2D eigenvalue weighted by molar-refractivity contribution is 0.301. The first kappa shape index (κ1) is 15.0. The van der Waals surface area contributed by atoms with Crippen LogP contribution in [0.1, 0.15) is 44.0 Å². The molecule has 2 fully saturated rings. The van der Waals surface area contributed by atoms with Crippen molar-refractivity contribution < 1.29 is 8.42 Å². The Hall–Kier alpha value is -0.880. The van der Waals surface area contributed by atoms with E-state index in [-0.39, 0.29) is 6.04 Å². The lowest BCUT2D eigenvalue weighted by Crippen LogP contribution is -2.40. The van der Waals surface area contributed by atoms with Crippen molar-refractivity contribution >= 4 is 10.0 Å². The van der Waals surface area contributed by atoms with E-state index < -0.39 is 10.0 Å². The normalized spacial score (nSPS) is 19.7. The molecule has 1 aromatic rings. The molecule has 0 aromatic carbocycles. The molecule has 5 nitrogen and oxygen atoms in total. The second kappa shape index (κ2) is 5.09. The molecule has 3 rings (SSSR count). The summed E-state index contributed by atoms with van der Waals surface area (Å²) in [6.07, 6.45) is 4.70. The van der Waals surface area contributed by atoms with Crippen LogP contribution in [0.2, 0.25) is 0 Å². The van der Waals surface area contributed by atoms with E-state index in [0.29, 0.717) is 29.0 Å². The molecule has 0 N–H and O–H groups in total. The van der Waals surface area contributed by atoms with Crippen molar-refractivity contribution in [3.05, 3.63) is 11.4 Å². The van der Waals surface area contributed by atoms with E-state index in [1.54, 1.807) is 23.0 Å². The zero-order valence-corrected chi connectivity index (χ0v) is 14.2. The van der Waals surface area contributed by atoms with E-state index in [0.717, 1.165) is 5.69 Å². The molecule has 0 bridgehead atoms. The standard InChI is InChI=1S/C15H25N3O2S/c1-5-18-11(3)15(10(2)16-18)21(19,20)17(4)14(12-6-7-12)13-8-9-13/h12-14H,5-9H2,1-4H3. The van der Waals surface area contributed by atoms with Crippen LogP contribution in [0.4, 0.5) is 0 Å². The highest BCUT2D eigenvalue weighted by Gasteiger charge is 2.47. The van der Waals surface area contributed by atoms with Crippen molar-refractivity contribution in [2.24, 2.45) is 11.8 Å². The fraction of sp³-hybridized carbons (Fsp3) is 0.800. The number of hydrogen-bond acceptors (Lipinski definition) is 3. The Morgan fingerprint density at radius 1 is 1.24 bits per heavy atom. The van der Waals surface area contributed by atoms with Gasteiger partial charge < -0.3 is 0 Å². The second-order valence-corrected chi connectivity index (χ2v) is 8.44. The minimum absolute atomic E-state index is 0.193. The van der Waals surface area contributed by atoms with Crippen LogP contribution < -0.4 is 0 Å². The first-order valence-electron chi connectivity index (χ1n) is 7.90. The summed E-state index contributed by atoms with van der Waals surface area (Å²) in [6, 6.07) is 0.193. The summed E-state index contributed by atoms with van der Waals surface area (Å²) in [7, 11) is -1.69. The Morgan fingerprint density at radius 3 is 2.14 bits per heavy atom. The van der Waals surface area contributed by atoms with Crippen LogP contribution in [0.15, 0.2) is 4.90 Å². The fourth-order valence-electron chi connectivity index (χ4n) is 3.52. The summed E-state index contributed by atoms with van der Waals surface area (Å²) in [5.74, 6) is 1.14. The van der Waals surface area contributed by atoms with E-state index in [1.165, 1.54) is 25.7 Å². The van der Waals surface area contributed by atoms with E-state index >= 15 is 0 Å². The van der Waals surface area contributed by atoms with Gasteiger partial charge in [-0.15, -0.1) is 0 Å². The van der Waals surface area contributed by atoms with Gasteiger partial charge in [-0.2, -0.15) is 9.40 Å². The van der Waals surface area contributed by atoms with Crippen LogP contribution >= 0.6 is 0 Å². The van der Waals surface area contributed by atoms with Crippen molar-refractivity contribution in [3.63, 3.8) is 0 Å². The highest BCUT2D eigenvalue weighted by atomic mass is 32.2. The predicted octanol–water partition coefficient (Wildman–Crippen LogP) is 2.33. The third-order valence-corrected chi connectivity index (χ3v) is 6.99. The smallest absolute Gasteiger partial charge is 0.246 e. The van der Waals surface area contributed by atoms with Crippen LogP contribution in [0, 0.1) is 25.7 Å². The van der Waals surface area contributed by atoms with E-state index in [4.69, 9.17) is 0 Å². The molecule has 0 saturated heterocycles. The predicted molar refractivity (Wildman–Crippen MR) is 81.6 cm³/mol. The molecule has 0 radical (unpaired) electrons. The molecule has 1 aromatic heterocycles. The molecular formula is C15H25N3O2S. The Labute approximate surface area is 127 Å². The zero-order chi connectivity index (χ0) is 15.4. The number of nitrogens with zero attached hydrogens (tertiary/aromatic N) is 3. The summed E-state index contributed by atoms with van der Waals surface area (Å²) in [5.41, 5.74) is 1.37. The van der Waals surface area contributed by atoms with Crippen molar-refractivity contribution in [3.8, 4) is 0 Å². The van der Waals surface area contributed by atoms with Gasteiger partial charge in [-0.05, 0) is 58.3 Å². The highest BCUT2D eigenvalue weighted by Crippen LogP contribution is 2.48. The van der Waals surface area contributed by atoms with Crippen LogP contribution in [0.5, 0.6) is 0 Å². The van der Waals surface area contributed by atoms with Crippen molar-refractivity contribution in [2.45, 2.75) is 63.9 Å². The third kappa shape index (κ3) is 2.52. The molecule has 0 amide bonds. The average Bonchev–Trinajstić information content (AvgIpc) is 3.30. The Kier molecular flexibility index (Phi) is 3.64. The largest absolute Gasteiger partial charge is 0.268 e. The average molecular weight is 311 g/mol. The highest BCUT2D eigenvalue weighted by molar-refractivity contribution is 7.89. The minimum Gasteiger partial charge on any atom is -0.268 e. The van der Waals surface area contributed by atoms with Gasteiger partial charge in [0.25, 0.3) is 0 Å². The maximum absolute atomic E-state index is 13.1. The Balaban J connectivity index is 1.97. The number of aromatic nitrogens is 2. The van der Waals surface area contributed by atoms with Gasteiger partial charge in [-0.1, -0.05) is 0 Å².